The number of ketones is 1. The zero-order valence-corrected chi connectivity index (χ0v) is 15.5. The van der Waals surface area contributed by atoms with E-state index >= 15 is 0 Å². The van der Waals surface area contributed by atoms with Crippen LogP contribution in [0.25, 0.3) is 0 Å². The summed E-state index contributed by atoms with van der Waals surface area (Å²) in [5.41, 5.74) is 9.31. The molecule has 1 aromatic heterocycles. The lowest BCUT2D eigenvalue weighted by Gasteiger charge is -2.39. The van der Waals surface area contributed by atoms with Crippen molar-refractivity contribution in [2.24, 2.45) is 5.73 Å². The first kappa shape index (κ1) is 16.9. The lowest BCUT2D eigenvalue weighted by atomic mass is 9.78. The first-order valence-corrected chi connectivity index (χ1v) is 9.62. The summed E-state index contributed by atoms with van der Waals surface area (Å²) in [5, 5.41) is 12.4. The fraction of sp³-hybridized carbons (Fsp3) is 0.200. The minimum Gasteiger partial charge on any atom is -0.384 e. The van der Waals surface area contributed by atoms with Crippen LogP contribution in [0.2, 0.25) is 5.02 Å². The summed E-state index contributed by atoms with van der Waals surface area (Å²) in [6.07, 6.45) is 2.05. The van der Waals surface area contributed by atoms with Gasteiger partial charge in [-0.2, -0.15) is 5.26 Å². The summed E-state index contributed by atoms with van der Waals surface area (Å²) in [5.74, 6) is 0.122. The first-order chi connectivity index (χ1) is 12.6. The van der Waals surface area contributed by atoms with E-state index in [1.54, 1.807) is 23.5 Å². The summed E-state index contributed by atoms with van der Waals surface area (Å²) in [7, 11) is 0. The standard InChI is InChI=1S/C20H16ClN3OS/c21-12-6-8-13(9-7-12)24-15-3-1-4-16(25)19(15)18(14(11-22)20(24)23)17-5-2-10-26-17/h2,5-10,18H,1,3-4,23H2/t18-/m1/s1. The molecule has 26 heavy (non-hydrogen) atoms. The average molecular weight is 382 g/mol. The van der Waals surface area contributed by atoms with Crippen LogP contribution in [0, 0.1) is 11.3 Å². The van der Waals surface area contributed by atoms with Crippen LogP contribution in [0.1, 0.15) is 30.1 Å². The molecule has 0 bridgehead atoms. The van der Waals surface area contributed by atoms with E-state index in [0.717, 1.165) is 29.1 Å². The van der Waals surface area contributed by atoms with Crippen LogP contribution < -0.4 is 10.6 Å². The van der Waals surface area contributed by atoms with E-state index in [0.29, 0.717) is 28.4 Å². The minimum absolute atomic E-state index is 0.101. The molecule has 6 heteroatoms. The van der Waals surface area contributed by atoms with Gasteiger partial charge in [0.2, 0.25) is 0 Å². The number of allylic oxidation sites excluding steroid dienone is 3. The molecule has 2 aromatic rings. The Bertz CT molecular complexity index is 967. The number of nitriles is 1. The second-order valence-electron chi connectivity index (χ2n) is 6.31. The number of Topliss-reactive ketones (excluding diaryl/α,β-unsaturated/α-hetero) is 1. The quantitative estimate of drug-likeness (QED) is 0.818. The van der Waals surface area contributed by atoms with Crippen molar-refractivity contribution in [2.45, 2.75) is 25.2 Å². The van der Waals surface area contributed by atoms with Crippen LogP contribution in [-0.2, 0) is 4.79 Å². The maximum Gasteiger partial charge on any atom is 0.161 e. The maximum absolute atomic E-state index is 12.9. The lowest BCUT2D eigenvalue weighted by Crippen LogP contribution is -2.38. The Balaban J connectivity index is 1.96. The van der Waals surface area contributed by atoms with Crippen molar-refractivity contribution in [2.75, 3.05) is 4.90 Å². The number of benzene rings is 1. The third kappa shape index (κ3) is 2.63. The van der Waals surface area contributed by atoms with Gasteiger partial charge in [0.1, 0.15) is 5.82 Å². The predicted molar refractivity (Wildman–Crippen MR) is 104 cm³/mol. The summed E-state index contributed by atoms with van der Waals surface area (Å²) >= 11 is 7.56. The highest BCUT2D eigenvalue weighted by Crippen LogP contribution is 2.47. The van der Waals surface area contributed by atoms with Crippen LogP contribution >= 0.6 is 22.9 Å². The SMILES string of the molecule is N#CC1=C(N)N(c2ccc(Cl)cc2)C2=C(C(=O)CCC2)[C@H]1c1cccs1. The number of halogens is 1. The third-order valence-electron chi connectivity index (χ3n) is 4.83. The Labute approximate surface area is 160 Å². The largest absolute Gasteiger partial charge is 0.384 e. The highest BCUT2D eigenvalue weighted by Gasteiger charge is 2.40. The number of carbonyl (C=O) groups excluding carboxylic acids is 1. The van der Waals surface area contributed by atoms with Gasteiger partial charge in [0.15, 0.2) is 5.78 Å². The van der Waals surface area contributed by atoms with E-state index in [1.165, 1.54) is 0 Å². The lowest BCUT2D eigenvalue weighted by molar-refractivity contribution is -0.116. The predicted octanol–water partition coefficient (Wildman–Crippen LogP) is 4.71. The molecule has 1 aliphatic heterocycles. The normalized spacial score (nSPS) is 20.2. The highest BCUT2D eigenvalue weighted by molar-refractivity contribution is 7.10. The number of nitrogens with zero attached hydrogens (tertiary/aromatic N) is 2. The second kappa shape index (κ2) is 6.64. The first-order valence-electron chi connectivity index (χ1n) is 8.37. The number of thiophene rings is 1. The smallest absolute Gasteiger partial charge is 0.161 e. The Hall–Kier alpha value is -2.55. The number of hydrogen-bond donors (Lipinski definition) is 1. The molecule has 130 valence electrons. The van der Waals surface area contributed by atoms with Gasteiger partial charge in [-0.05, 0) is 48.6 Å². The molecule has 4 rings (SSSR count). The van der Waals surface area contributed by atoms with Crippen molar-refractivity contribution in [1.82, 2.24) is 0 Å². The fourth-order valence-corrected chi connectivity index (χ4v) is 4.68. The second-order valence-corrected chi connectivity index (χ2v) is 7.72. The third-order valence-corrected chi connectivity index (χ3v) is 6.01. The van der Waals surface area contributed by atoms with Crippen LogP contribution in [0.5, 0.6) is 0 Å². The van der Waals surface area contributed by atoms with Gasteiger partial charge >= 0.3 is 0 Å². The molecule has 0 saturated heterocycles. The van der Waals surface area contributed by atoms with E-state index in [4.69, 9.17) is 17.3 Å². The Morgan fingerprint density at radius 1 is 1.23 bits per heavy atom. The molecule has 2 heterocycles. The van der Waals surface area contributed by atoms with Crippen LogP contribution in [0.4, 0.5) is 5.69 Å². The monoisotopic (exact) mass is 381 g/mol. The van der Waals surface area contributed by atoms with E-state index in [1.807, 2.05) is 34.5 Å². The molecule has 0 unspecified atom stereocenters. The van der Waals surface area contributed by atoms with Gasteiger partial charge in [-0.15, -0.1) is 11.3 Å². The van der Waals surface area contributed by atoms with Crippen molar-refractivity contribution in [1.29, 1.82) is 5.26 Å². The number of carbonyl (C=O) groups is 1. The van der Waals surface area contributed by atoms with Crippen LogP contribution in [0.15, 0.2) is 64.4 Å². The molecule has 1 atom stereocenters. The molecule has 0 saturated carbocycles. The molecule has 2 N–H and O–H groups in total. The van der Waals surface area contributed by atoms with Gasteiger partial charge in [-0.1, -0.05) is 17.7 Å². The van der Waals surface area contributed by atoms with Gasteiger partial charge in [0.05, 0.1) is 17.6 Å². The molecule has 1 aliphatic carbocycles. The number of hydrogen-bond acceptors (Lipinski definition) is 5. The molecule has 4 nitrogen and oxygen atoms in total. The zero-order chi connectivity index (χ0) is 18.3. The summed E-state index contributed by atoms with van der Waals surface area (Å²) in [6.45, 7) is 0. The van der Waals surface area contributed by atoms with Gasteiger partial charge in [0.25, 0.3) is 0 Å². The van der Waals surface area contributed by atoms with Gasteiger partial charge < -0.3 is 5.73 Å². The summed E-state index contributed by atoms with van der Waals surface area (Å²) < 4.78 is 0. The van der Waals surface area contributed by atoms with E-state index in [-0.39, 0.29) is 11.7 Å². The summed E-state index contributed by atoms with van der Waals surface area (Å²) in [4.78, 5) is 15.7. The topological polar surface area (TPSA) is 70.1 Å². The van der Waals surface area contributed by atoms with Crippen LogP contribution in [0.3, 0.4) is 0 Å². The molecule has 0 spiro atoms. The number of anilines is 1. The fourth-order valence-electron chi connectivity index (χ4n) is 3.71. The number of rotatable bonds is 2. The highest BCUT2D eigenvalue weighted by atomic mass is 35.5. The van der Waals surface area contributed by atoms with Gasteiger partial charge in [-0.3, -0.25) is 9.69 Å². The maximum atomic E-state index is 12.9. The Morgan fingerprint density at radius 2 is 2.00 bits per heavy atom. The van der Waals surface area contributed by atoms with Gasteiger partial charge in [0, 0.05) is 33.3 Å². The molecular formula is C20H16ClN3OS. The molecular weight excluding hydrogens is 366 g/mol. The van der Waals surface area contributed by atoms with Gasteiger partial charge in [-0.25, -0.2) is 0 Å². The molecule has 0 radical (unpaired) electrons. The minimum atomic E-state index is -0.369. The van der Waals surface area contributed by atoms with Crippen molar-refractivity contribution < 1.29 is 4.79 Å². The number of nitrogens with two attached hydrogens (primary N) is 1. The van der Waals surface area contributed by atoms with Crippen molar-refractivity contribution in [3.63, 3.8) is 0 Å². The van der Waals surface area contributed by atoms with E-state index < -0.39 is 0 Å². The van der Waals surface area contributed by atoms with Crippen LogP contribution in [-0.4, -0.2) is 5.78 Å². The molecule has 0 fully saturated rings. The van der Waals surface area contributed by atoms with Crippen molar-refractivity contribution in [3.05, 3.63) is 74.3 Å². The average Bonchev–Trinajstić information content (AvgIpc) is 3.16. The Morgan fingerprint density at radius 3 is 2.65 bits per heavy atom. The zero-order valence-electron chi connectivity index (χ0n) is 13.9. The Kier molecular flexibility index (Phi) is 4.31. The van der Waals surface area contributed by atoms with E-state index in [9.17, 15) is 10.1 Å². The molecule has 2 aliphatic rings. The van der Waals surface area contributed by atoms with Crippen molar-refractivity contribution in [3.8, 4) is 6.07 Å². The molecule has 0 amide bonds. The molecule has 1 aromatic carbocycles. The van der Waals surface area contributed by atoms with Crippen molar-refractivity contribution >= 4 is 34.4 Å². The summed E-state index contributed by atoms with van der Waals surface area (Å²) in [6, 6.07) is 13.5. The van der Waals surface area contributed by atoms with E-state index in [2.05, 4.69) is 6.07 Å².